The van der Waals surface area contributed by atoms with Gasteiger partial charge < -0.3 is 4.90 Å². The third kappa shape index (κ3) is 5.78. The number of para-hydroxylation sites is 2. The van der Waals surface area contributed by atoms with Gasteiger partial charge in [0.15, 0.2) is 0 Å². The number of rotatable bonds is 8. The second-order valence-electron chi connectivity index (χ2n) is 15.6. The molecule has 0 heterocycles. The van der Waals surface area contributed by atoms with Crippen LogP contribution in [0.5, 0.6) is 0 Å². The number of hydrogen-bond acceptors (Lipinski definition) is 1. The van der Waals surface area contributed by atoms with Crippen LogP contribution < -0.4 is 4.90 Å². The lowest BCUT2D eigenvalue weighted by Gasteiger charge is -2.36. The van der Waals surface area contributed by atoms with Gasteiger partial charge in [0.05, 0.1) is 16.8 Å². The fourth-order valence-corrected chi connectivity index (χ4v) is 9.72. The first-order chi connectivity index (χ1) is 29.8. The van der Waals surface area contributed by atoms with Gasteiger partial charge in [0, 0.05) is 16.8 Å². The minimum Gasteiger partial charge on any atom is -0.309 e. The van der Waals surface area contributed by atoms with Crippen LogP contribution in [0.3, 0.4) is 0 Å². The minimum atomic E-state index is -0.563. The molecular formula is C59H41N. The van der Waals surface area contributed by atoms with Crippen LogP contribution in [0.1, 0.15) is 22.3 Å². The number of hydrogen-bond donors (Lipinski definition) is 0. The summed E-state index contributed by atoms with van der Waals surface area (Å²) in [5, 5.41) is 2.44. The first-order valence-electron chi connectivity index (χ1n) is 20.8. The van der Waals surface area contributed by atoms with Crippen molar-refractivity contribution in [2.24, 2.45) is 0 Å². The maximum Gasteiger partial charge on any atom is 0.0714 e. The summed E-state index contributed by atoms with van der Waals surface area (Å²) in [5.74, 6) is 0. The second kappa shape index (κ2) is 14.9. The highest BCUT2D eigenvalue weighted by atomic mass is 15.1. The van der Waals surface area contributed by atoms with Crippen LogP contribution in [0.2, 0.25) is 0 Å². The maximum absolute atomic E-state index is 2.52. The number of fused-ring (bicyclic) bond motifs is 4. The molecular weight excluding hydrogens is 723 g/mol. The fraction of sp³-hybridized carbons (Fsp3) is 0.0169. The molecule has 60 heavy (non-hydrogen) atoms. The van der Waals surface area contributed by atoms with Crippen LogP contribution in [-0.4, -0.2) is 0 Å². The molecule has 0 unspecified atom stereocenters. The van der Waals surface area contributed by atoms with E-state index in [9.17, 15) is 0 Å². The molecule has 0 saturated heterocycles. The normalized spacial score (nSPS) is 12.5. The van der Waals surface area contributed by atoms with Crippen molar-refractivity contribution < 1.29 is 0 Å². The summed E-state index contributed by atoms with van der Waals surface area (Å²) in [7, 11) is 0. The number of anilines is 3. The Morgan fingerprint density at radius 2 is 0.800 bits per heavy atom. The standard InChI is InChI=1S/C59H41N/c1-5-22-43(23-6-1)49-31-15-16-32-50(49)52-34-18-20-36-57(52)60(48-29-11-4-12-30-48)58-41-56-54(40-53(58)45-38-37-42-21-13-14-24-44(42)39-45)51-33-17-19-35-55(51)59(56,46-25-7-2-8-26-46)47-27-9-3-10-28-47/h1-41H. The molecule has 0 amide bonds. The van der Waals surface area contributed by atoms with E-state index >= 15 is 0 Å². The molecule has 1 nitrogen and oxygen atoms in total. The van der Waals surface area contributed by atoms with Gasteiger partial charge in [0.25, 0.3) is 0 Å². The monoisotopic (exact) mass is 763 g/mol. The third-order valence-electron chi connectivity index (χ3n) is 12.3. The van der Waals surface area contributed by atoms with Gasteiger partial charge in [-0.25, -0.2) is 0 Å². The van der Waals surface area contributed by atoms with Crippen molar-refractivity contribution in [2.45, 2.75) is 5.41 Å². The topological polar surface area (TPSA) is 3.24 Å². The molecule has 0 radical (unpaired) electrons. The van der Waals surface area contributed by atoms with Crippen LogP contribution in [0.4, 0.5) is 17.1 Å². The molecule has 0 aromatic heterocycles. The smallest absolute Gasteiger partial charge is 0.0714 e. The molecule has 1 aliphatic carbocycles. The Bertz CT molecular complexity index is 3090. The molecule has 0 atom stereocenters. The van der Waals surface area contributed by atoms with E-state index in [-0.39, 0.29) is 0 Å². The Morgan fingerprint density at radius 1 is 0.267 bits per heavy atom. The largest absolute Gasteiger partial charge is 0.309 e. The average molecular weight is 764 g/mol. The van der Waals surface area contributed by atoms with E-state index in [4.69, 9.17) is 0 Å². The Balaban J connectivity index is 1.27. The predicted octanol–water partition coefficient (Wildman–Crippen LogP) is 15.7. The van der Waals surface area contributed by atoms with E-state index in [0.29, 0.717) is 0 Å². The van der Waals surface area contributed by atoms with Gasteiger partial charge in [-0.3, -0.25) is 0 Å². The predicted molar refractivity (Wildman–Crippen MR) is 252 cm³/mol. The lowest BCUT2D eigenvalue weighted by Crippen LogP contribution is -2.28. The van der Waals surface area contributed by atoms with Crippen LogP contribution >= 0.6 is 0 Å². The van der Waals surface area contributed by atoms with Crippen LogP contribution in [-0.2, 0) is 5.41 Å². The lowest BCUT2D eigenvalue weighted by molar-refractivity contribution is 0.768. The Morgan fingerprint density at radius 3 is 1.50 bits per heavy atom. The van der Waals surface area contributed by atoms with Crippen LogP contribution in [0.15, 0.2) is 249 Å². The van der Waals surface area contributed by atoms with Gasteiger partial charge in [0.2, 0.25) is 0 Å². The summed E-state index contributed by atoms with van der Waals surface area (Å²) in [6.45, 7) is 0. The van der Waals surface area contributed by atoms with Crippen molar-refractivity contribution in [2.75, 3.05) is 4.90 Å². The summed E-state index contributed by atoms with van der Waals surface area (Å²) in [6.07, 6.45) is 0. The lowest BCUT2D eigenvalue weighted by atomic mass is 9.67. The van der Waals surface area contributed by atoms with E-state index in [1.165, 1.54) is 72.0 Å². The summed E-state index contributed by atoms with van der Waals surface area (Å²) in [4.78, 5) is 2.51. The van der Waals surface area contributed by atoms with Crippen LogP contribution in [0, 0.1) is 0 Å². The molecule has 0 bridgehead atoms. The zero-order valence-corrected chi connectivity index (χ0v) is 33.1. The Labute approximate surface area is 352 Å². The first-order valence-corrected chi connectivity index (χ1v) is 20.8. The van der Waals surface area contributed by atoms with Crippen molar-refractivity contribution in [3.05, 3.63) is 271 Å². The molecule has 1 heteroatoms. The van der Waals surface area contributed by atoms with Gasteiger partial charge in [-0.05, 0) is 103 Å². The molecule has 0 aliphatic heterocycles. The van der Waals surface area contributed by atoms with Crippen molar-refractivity contribution in [1.82, 2.24) is 0 Å². The van der Waals surface area contributed by atoms with Gasteiger partial charge in [-0.2, -0.15) is 0 Å². The second-order valence-corrected chi connectivity index (χ2v) is 15.6. The summed E-state index contributed by atoms with van der Waals surface area (Å²) in [6, 6.07) is 91.3. The molecule has 0 saturated carbocycles. The average Bonchev–Trinajstić information content (AvgIpc) is 3.62. The SMILES string of the molecule is c1ccc(-c2ccccc2-c2ccccc2N(c2ccccc2)c2cc3c(cc2-c2ccc4ccccc4c2)-c2ccccc2C3(c2ccccc2)c2ccccc2)cc1. The van der Waals surface area contributed by atoms with E-state index in [2.05, 4.69) is 254 Å². The van der Waals surface area contributed by atoms with E-state index in [0.717, 1.165) is 22.6 Å². The highest BCUT2D eigenvalue weighted by Gasteiger charge is 2.47. The Kier molecular flexibility index (Phi) is 8.79. The molecule has 282 valence electrons. The molecule has 10 aromatic rings. The first kappa shape index (κ1) is 35.4. The summed E-state index contributed by atoms with van der Waals surface area (Å²) >= 11 is 0. The molecule has 0 N–H and O–H groups in total. The third-order valence-corrected chi connectivity index (χ3v) is 12.3. The molecule has 10 aromatic carbocycles. The van der Waals surface area contributed by atoms with E-state index in [1.807, 2.05) is 0 Å². The Hall–Kier alpha value is -7.74. The minimum absolute atomic E-state index is 0.563. The fourth-order valence-electron chi connectivity index (χ4n) is 9.72. The number of benzene rings is 10. The van der Waals surface area contributed by atoms with Crippen molar-refractivity contribution in [3.63, 3.8) is 0 Å². The highest BCUT2D eigenvalue weighted by molar-refractivity contribution is 6.01. The molecule has 1 aliphatic rings. The van der Waals surface area contributed by atoms with Crippen molar-refractivity contribution >= 4 is 27.8 Å². The van der Waals surface area contributed by atoms with Crippen molar-refractivity contribution in [3.8, 4) is 44.5 Å². The van der Waals surface area contributed by atoms with Gasteiger partial charge >= 0.3 is 0 Å². The summed E-state index contributed by atoms with van der Waals surface area (Å²) < 4.78 is 0. The van der Waals surface area contributed by atoms with Gasteiger partial charge in [-0.1, -0.05) is 212 Å². The zero-order chi connectivity index (χ0) is 39.9. The van der Waals surface area contributed by atoms with Crippen molar-refractivity contribution in [1.29, 1.82) is 0 Å². The van der Waals surface area contributed by atoms with Crippen LogP contribution in [0.25, 0.3) is 55.3 Å². The quantitative estimate of drug-likeness (QED) is 0.149. The summed E-state index contributed by atoms with van der Waals surface area (Å²) in [5.41, 5.74) is 17.4. The van der Waals surface area contributed by atoms with E-state index < -0.39 is 5.41 Å². The molecule has 0 spiro atoms. The number of nitrogens with zero attached hydrogens (tertiary/aromatic N) is 1. The van der Waals surface area contributed by atoms with E-state index in [1.54, 1.807) is 0 Å². The molecule has 0 fully saturated rings. The molecule has 11 rings (SSSR count). The van der Waals surface area contributed by atoms with Gasteiger partial charge in [0.1, 0.15) is 0 Å². The zero-order valence-electron chi connectivity index (χ0n) is 33.1. The maximum atomic E-state index is 2.52. The highest BCUT2D eigenvalue weighted by Crippen LogP contribution is 2.59. The van der Waals surface area contributed by atoms with Gasteiger partial charge in [-0.15, -0.1) is 0 Å².